The van der Waals surface area contributed by atoms with E-state index in [9.17, 15) is 19.5 Å². The third-order valence-corrected chi connectivity index (χ3v) is 7.20. The summed E-state index contributed by atoms with van der Waals surface area (Å²) in [6.45, 7) is 6.82. The zero-order chi connectivity index (χ0) is 25.3. The number of carbonyl (C=O) groups is 3. The van der Waals surface area contributed by atoms with Crippen LogP contribution in [0.1, 0.15) is 59.3 Å². The van der Waals surface area contributed by atoms with E-state index in [0.29, 0.717) is 13.0 Å². The summed E-state index contributed by atoms with van der Waals surface area (Å²) in [5.41, 5.74) is 6.55. The molecule has 0 aromatic heterocycles. The van der Waals surface area contributed by atoms with Crippen molar-refractivity contribution in [3.63, 3.8) is 0 Å². The van der Waals surface area contributed by atoms with E-state index in [1.54, 1.807) is 4.90 Å². The lowest BCUT2D eigenvalue weighted by Gasteiger charge is -2.36. The van der Waals surface area contributed by atoms with Crippen LogP contribution in [0.25, 0.3) is 0 Å². The minimum Gasteiger partial charge on any atom is -0.468 e. The number of fused-ring (bicyclic) bond motifs is 1. The van der Waals surface area contributed by atoms with Gasteiger partial charge in [-0.05, 0) is 36.8 Å². The van der Waals surface area contributed by atoms with Gasteiger partial charge in [-0.1, -0.05) is 39.3 Å². The summed E-state index contributed by atoms with van der Waals surface area (Å²) in [7, 11) is 1.35. The molecule has 0 fully saturated rings. The normalized spacial score (nSPS) is 17.5. The molecule has 1 aromatic rings. The fourth-order valence-corrected chi connectivity index (χ4v) is 5.24. The van der Waals surface area contributed by atoms with E-state index in [-0.39, 0.29) is 43.6 Å². The molecule has 1 aliphatic rings. The van der Waals surface area contributed by atoms with Crippen molar-refractivity contribution in [3.05, 3.63) is 24.3 Å². The number of rotatable bonds is 12. The van der Waals surface area contributed by atoms with E-state index in [4.69, 9.17) is 10.5 Å². The molecule has 0 saturated heterocycles. The molecule has 0 bridgehead atoms. The number of amides is 2. The first kappa shape index (κ1) is 28.1. The van der Waals surface area contributed by atoms with Crippen LogP contribution in [-0.2, 0) is 19.1 Å². The Balaban J connectivity index is 1.96. The van der Waals surface area contributed by atoms with Crippen molar-refractivity contribution in [1.29, 1.82) is 0 Å². The summed E-state index contributed by atoms with van der Waals surface area (Å²) in [6.07, 6.45) is 2.22. The third kappa shape index (κ3) is 8.29. The largest absolute Gasteiger partial charge is 0.468 e. The molecule has 9 heteroatoms. The number of hydrogen-bond donors (Lipinski definition) is 3. The molecule has 0 spiro atoms. The van der Waals surface area contributed by atoms with Crippen molar-refractivity contribution in [3.8, 4) is 0 Å². The maximum absolute atomic E-state index is 13.3. The number of aliphatic hydroxyl groups is 1. The van der Waals surface area contributed by atoms with Crippen molar-refractivity contribution >= 4 is 35.2 Å². The Morgan fingerprint density at radius 3 is 2.71 bits per heavy atom. The zero-order valence-electron chi connectivity index (χ0n) is 20.7. The van der Waals surface area contributed by atoms with Crippen molar-refractivity contribution in [2.45, 2.75) is 81.6 Å². The number of carbonyl (C=O) groups excluding carboxylic acids is 3. The number of para-hydroxylation sites is 1. The van der Waals surface area contributed by atoms with Crippen LogP contribution in [0.5, 0.6) is 0 Å². The van der Waals surface area contributed by atoms with Crippen LogP contribution >= 0.6 is 11.8 Å². The molecule has 1 aromatic carbocycles. The Morgan fingerprint density at radius 1 is 1.32 bits per heavy atom. The average Bonchev–Trinajstić information content (AvgIpc) is 2.80. The van der Waals surface area contributed by atoms with E-state index >= 15 is 0 Å². The molecule has 0 saturated carbocycles. The lowest BCUT2D eigenvalue weighted by Crippen LogP contribution is -2.45. The van der Waals surface area contributed by atoms with Crippen LogP contribution in [0.3, 0.4) is 0 Å². The molecule has 34 heavy (non-hydrogen) atoms. The second kappa shape index (κ2) is 13.1. The van der Waals surface area contributed by atoms with Gasteiger partial charge in [0.25, 0.3) is 0 Å². The molecule has 190 valence electrons. The molecular weight excluding hydrogens is 454 g/mol. The number of ether oxygens (including phenoxy) is 1. The van der Waals surface area contributed by atoms with Crippen molar-refractivity contribution in [1.82, 2.24) is 5.32 Å². The fourth-order valence-electron chi connectivity index (χ4n) is 4.06. The third-order valence-electron chi connectivity index (χ3n) is 5.97. The summed E-state index contributed by atoms with van der Waals surface area (Å²) in [6, 6.07) is 6.96. The maximum atomic E-state index is 13.3. The van der Waals surface area contributed by atoms with Gasteiger partial charge in [0.1, 0.15) is 5.25 Å². The first-order valence-electron chi connectivity index (χ1n) is 11.9. The Kier molecular flexibility index (Phi) is 10.9. The standard InChI is InChI=1S/C25H39N3O5S/c1-5-6-13-27-22(30)12-11-19(29)17(26)14-25(2,3)15-23(31)28-16-21(24(32)33-4)34-20-10-8-7-9-18(20)28/h7-10,17,19,21,29H,5-6,11-16,26H2,1-4H3,(H,27,30)/t17-,19-,21?/m0/s1. The van der Waals surface area contributed by atoms with Gasteiger partial charge in [0.15, 0.2) is 0 Å². The van der Waals surface area contributed by atoms with Gasteiger partial charge in [-0.3, -0.25) is 14.4 Å². The summed E-state index contributed by atoms with van der Waals surface area (Å²) < 4.78 is 4.91. The molecule has 2 amide bonds. The number of thioether (sulfide) groups is 1. The number of nitrogens with one attached hydrogen (secondary N) is 1. The van der Waals surface area contributed by atoms with E-state index in [1.165, 1.54) is 18.9 Å². The van der Waals surface area contributed by atoms with Crippen LogP contribution in [-0.4, -0.2) is 60.5 Å². The second-order valence-electron chi connectivity index (χ2n) is 9.62. The number of esters is 1. The van der Waals surface area contributed by atoms with Crippen molar-refractivity contribution in [2.24, 2.45) is 11.1 Å². The number of aliphatic hydroxyl groups excluding tert-OH is 1. The molecule has 0 aliphatic carbocycles. The predicted octanol–water partition coefficient (Wildman–Crippen LogP) is 2.86. The SMILES string of the molecule is CCCCNC(=O)CC[C@H](O)[C@@H](N)CC(C)(C)CC(=O)N1CC(C(=O)OC)Sc2ccccc21. The van der Waals surface area contributed by atoms with Crippen LogP contribution in [0, 0.1) is 5.41 Å². The number of unbranched alkanes of at least 4 members (excludes halogenated alkanes) is 1. The highest BCUT2D eigenvalue weighted by Gasteiger charge is 2.36. The molecule has 0 radical (unpaired) electrons. The number of benzene rings is 1. The van der Waals surface area contributed by atoms with E-state index in [1.807, 2.05) is 38.1 Å². The maximum Gasteiger partial charge on any atom is 0.321 e. The Bertz CT molecular complexity index is 848. The lowest BCUT2D eigenvalue weighted by molar-refractivity contribution is -0.139. The first-order chi connectivity index (χ1) is 16.1. The molecule has 1 heterocycles. The first-order valence-corrected chi connectivity index (χ1v) is 12.8. The molecule has 1 aliphatic heterocycles. The summed E-state index contributed by atoms with van der Waals surface area (Å²) in [5, 5.41) is 12.8. The molecule has 4 N–H and O–H groups in total. The minimum atomic E-state index is -0.831. The highest BCUT2D eigenvalue weighted by Crippen LogP contribution is 2.40. The number of methoxy groups -OCH3 is 1. The highest BCUT2D eigenvalue weighted by molar-refractivity contribution is 8.00. The summed E-state index contributed by atoms with van der Waals surface area (Å²) >= 11 is 1.40. The zero-order valence-corrected chi connectivity index (χ0v) is 21.5. The molecule has 2 rings (SSSR count). The van der Waals surface area contributed by atoms with Crippen LogP contribution in [0.2, 0.25) is 0 Å². The number of nitrogens with two attached hydrogens (primary N) is 1. The molecule has 8 nitrogen and oxygen atoms in total. The van der Waals surface area contributed by atoms with E-state index < -0.39 is 22.8 Å². The van der Waals surface area contributed by atoms with Crippen LogP contribution < -0.4 is 16.0 Å². The summed E-state index contributed by atoms with van der Waals surface area (Å²) in [5.74, 6) is -0.556. The van der Waals surface area contributed by atoms with Crippen molar-refractivity contribution in [2.75, 3.05) is 25.1 Å². The van der Waals surface area contributed by atoms with Gasteiger partial charge in [0, 0.05) is 36.9 Å². The average molecular weight is 494 g/mol. The topological polar surface area (TPSA) is 122 Å². The molecule has 1 unspecified atom stereocenters. The molecule has 3 atom stereocenters. The molecular formula is C25H39N3O5S. The van der Waals surface area contributed by atoms with Gasteiger partial charge in [0.05, 0.1) is 18.9 Å². The smallest absolute Gasteiger partial charge is 0.321 e. The Morgan fingerprint density at radius 2 is 2.03 bits per heavy atom. The number of anilines is 1. The monoisotopic (exact) mass is 493 g/mol. The number of nitrogens with zero attached hydrogens (tertiary/aromatic N) is 1. The van der Waals surface area contributed by atoms with Crippen molar-refractivity contribution < 1.29 is 24.2 Å². The van der Waals surface area contributed by atoms with Gasteiger partial charge in [-0.2, -0.15) is 0 Å². The Hall–Kier alpha value is -2.10. The summed E-state index contributed by atoms with van der Waals surface area (Å²) in [4.78, 5) is 39.9. The van der Waals surface area contributed by atoms with Crippen LogP contribution in [0.15, 0.2) is 29.2 Å². The van der Waals surface area contributed by atoms with Gasteiger partial charge in [-0.15, -0.1) is 11.8 Å². The predicted molar refractivity (Wildman–Crippen MR) is 135 cm³/mol. The van der Waals surface area contributed by atoms with Gasteiger partial charge < -0.3 is 25.8 Å². The quantitative estimate of drug-likeness (QED) is 0.302. The Labute approximate surface area is 207 Å². The lowest BCUT2D eigenvalue weighted by atomic mass is 9.80. The van der Waals surface area contributed by atoms with Gasteiger partial charge in [-0.25, -0.2) is 0 Å². The highest BCUT2D eigenvalue weighted by atomic mass is 32.2. The van der Waals surface area contributed by atoms with Gasteiger partial charge in [0.2, 0.25) is 11.8 Å². The fraction of sp³-hybridized carbons (Fsp3) is 0.640. The minimum absolute atomic E-state index is 0.0871. The van der Waals surface area contributed by atoms with E-state index in [2.05, 4.69) is 12.2 Å². The second-order valence-corrected chi connectivity index (χ2v) is 10.9. The van der Waals surface area contributed by atoms with E-state index in [0.717, 1.165) is 23.4 Å². The van der Waals surface area contributed by atoms with Crippen LogP contribution in [0.4, 0.5) is 5.69 Å². The van der Waals surface area contributed by atoms with Gasteiger partial charge >= 0.3 is 5.97 Å². The number of hydrogen-bond acceptors (Lipinski definition) is 7.